The van der Waals surface area contributed by atoms with Crippen molar-refractivity contribution in [1.82, 2.24) is 5.32 Å². The average Bonchev–Trinajstić information content (AvgIpc) is 3.00. The van der Waals surface area contributed by atoms with E-state index in [0.717, 1.165) is 5.92 Å². The molecule has 1 aliphatic rings. The Labute approximate surface area is 80.2 Å². The van der Waals surface area contributed by atoms with Gasteiger partial charge in [-0.25, -0.2) is 0 Å². The highest BCUT2D eigenvalue weighted by Crippen LogP contribution is 2.42. The van der Waals surface area contributed by atoms with Gasteiger partial charge >= 0.3 is 0 Å². The van der Waals surface area contributed by atoms with Crippen molar-refractivity contribution in [3.63, 3.8) is 0 Å². The first-order valence-electron chi connectivity index (χ1n) is 5.09. The van der Waals surface area contributed by atoms with Crippen molar-refractivity contribution in [2.75, 3.05) is 7.05 Å². The molecule has 0 amide bonds. The Morgan fingerprint density at radius 2 is 2.00 bits per heavy atom. The molecule has 0 spiro atoms. The smallest absolute Gasteiger partial charge is 0.0291 e. The van der Waals surface area contributed by atoms with Gasteiger partial charge in [0.2, 0.25) is 0 Å². The zero-order chi connectivity index (χ0) is 9.26. The van der Waals surface area contributed by atoms with Crippen LogP contribution in [0.1, 0.15) is 42.9 Å². The normalized spacial score (nSPS) is 18.6. The van der Waals surface area contributed by atoms with Crippen molar-refractivity contribution in [2.24, 2.45) is 0 Å². The Bertz CT molecular complexity index is 289. The summed E-state index contributed by atoms with van der Waals surface area (Å²) in [6.45, 7) is 2.22. The van der Waals surface area contributed by atoms with Gasteiger partial charge in [-0.05, 0) is 43.9 Å². The van der Waals surface area contributed by atoms with Crippen LogP contribution in [0.4, 0.5) is 0 Å². The summed E-state index contributed by atoms with van der Waals surface area (Å²) in [4.78, 5) is 0. The quantitative estimate of drug-likeness (QED) is 0.745. The second-order valence-electron chi connectivity index (χ2n) is 3.91. The number of nitrogens with one attached hydrogen (secondary N) is 1. The van der Waals surface area contributed by atoms with Crippen molar-refractivity contribution in [2.45, 2.75) is 31.7 Å². The molecular formula is C12H17N. The van der Waals surface area contributed by atoms with Gasteiger partial charge in [0.1, 0.15) is 0 Å². The monoisotopic (exact) mass is 175 g/mol. The predicted molar refractivity (Wildman–Crippen MR) is 55.9 cm³/mol. The molecule has 1 aliphatic carbocycles. The van der Waals surface area contributed by atoms with E-state index >= 15 is 0 Å². The fourth-order valence-electron chi connectivity index (χ4n) is 1.83. The van der Waals surface area contributed by atoms with E-state index in [1.165, 1.54) is 18.4 Å². The lowest BCUT2D eigenvalue weighted by atomic mass is 9.98. The summed E-state index contributed by atoms with van der Waals surface area (Å²) in [5.74, 6) is 0.854. The number of rotatable bonds is 3. The summed E-state index contributed by atoms with van der Waals surface area (Å²) in [5, 5.41) is 3.30. The number of hydrogen-bond donors (Lipinski definition) is 1. The van der Waals surface area contributed by atoms with Crippen molar-refractivity contribution < 1.29 is 0 Å². The van der Waals surface area contributed by atoms with Crippen LogP contribution in [-0.2, 0) is 0 Å². The molecule has 0 saturated heterocycles. The van der Waals surface area contributed by atoms with Gasteiger partial charge in [-0.15, -0.1) is 0 Å². The summed E-state index contributed by atoms with van der Waals surface area (Å²) in [6, 6.07) is 9.29. The van der Waals surface area contributed by atoms with Gasteiger partial charge in [0.05, 0.1) is 0 Å². The van der Waals surface area contributed by atoms with Crippen LogP contribution in [0.5, 0.6) is 0 Å². The number of hydrogen-bond acceptors (Lipinski definition) is 1. The highest BCUT2D eigenvalue weighted by atomic mass is 14.9. The topological polar surface area (TPSA) is 12.0 Å². The zero-order valence-corrected chi connectivity index (χ0v) is 8.38. The highest BCUT2D eigenvalue weighted by molar-refractivity contribution is 5.35. The second kappa shape index (κ2) is 3.51. The summed E-state index contributed by atoms with van der Waals surface area (Å²) in [6.07, 6.45) is 2.76. The fraction of sp³-hybridized carbons (Fsp3) is 0.500. The van der Waals surface area contributed by atoms with E-state index in [4.69, 9.17) is 0 Å². The first-order valence-corrected chi connectivity index (χ1v) is 5.09. The second-order valence-corrected chi connectivity index (χ2v) is 3.91. The Balaban J connectivity index is 2.31. The minimum absolute atomic E-state index is 0.483. The SMILES string of the molecule is CNC(C)c1ccccc1C1CC1. The lowest BCUT2D eigenvalue weighted by Gasteiger charge is -2.15. The molecule has 1 fully saturated rings. The maximum Gasteiger partial charge on any atom is 0.0291 e. The molecule has 70 valence electrons. The van der Waals surface area contributed by atoms with Crippen LogP contribution < -0.4 is 5.32 Å². The van der Waals surface area contributed by atoms with E-state index in [1.807, 2.05) is 7.05 Å². The fourth-order valence-corrected chi connectivity index (χ4v) is 1.83. The third kappa shape index (κ3) is 1.75. The van der Waals surface area contributed by atoms with E-state index in [2.05, 4.69) is 36.5 Å². The third-order valence-corrected chi connectivity index (χ3v) is 2.91. The van der Waals surface area contributed by atoms with Crippen LogP contribution in [0.3, 0.4) is 0 Å². The summed E-state index contributed by atoms with van der Waals surface area (Å²) >= 11 is 0. The summed E-state index contributed by atoms with van der Waals surface area (Å²) in [5.41, 5.74) is 3.04. The molecule has 2 rings (SSSR count). The first-order chi connectivity index (χ1) is 6.33. The lowest BCUT2D eigenvalue weighted by molar-refractivity contribution is 0.645. The van der Waals surface area contributed by atoms with Crippen LogP contribution in [0.2, 0.25) is 0 Å². The molecule has 1 nitrogen and oxygen atoms in total. The predicted octanol–water partition coefficient (Wildman–Crippen LogP) is 2.84. The molecular weight excluding hydrogens is 158 g/mol. The Morgan fingerprint density at radius 3 is 2.62 bits per heavy atom. The lowest BCUT2D eigenvalue weighted by Crippen LogP contribution is -2.13. The molecule has 1 heteroatoms. The van der Waals surface area contributed by atoms with Crippen LogP contribution in [0, 0.1) is 0 Å². The third-order valence-electron chi connectivity index (χ3n) is 2.91. The molecule has 0 radical (unpaired) electrons. The van der Waals surface area contributed by atoms with Gasteiger partial charge < -0.3 is 5.32 Å². The van der Waals surface area contributed by atoms with Gasteiger partial charge in [0.15, 0.2) is 0 Å². The van der Waals surface area contributed by atoms with E-state index in [0.29, 0.717) is 6.04 Å². The average molecular weight is 175 g/mol. The van der Waals surface area contributed by atoms with Crippen molar-refractivity contribution in [3.8, 4) is 0 Å². The Hall–Kier alpha value is -0.820. The van der Waals surface area contributed by atoms with Crippen molar-refractivity contribution in [1.29, 1.82) is 0 Å². The molecule has 1 atom stereocenters. The van der Waals surface area contributed by atoms with Gasteiger partial charge in [0, 0.05) is 6.04 Å². The van der Waals surface area contributed by atoms with Crippen molar-refractivity contribution >= 4 is 0 Å². The largest absolute Gasteiger partial charge is 0.313 e. The van der Waals surface area contributed by atoms with Crippen LogP contribution in [0.15, 0.2) is 24.3 Å². The molecule has 0 bridgehead atoms. The van der Waals surface area contributed by atoms with Crippen molar-refractivity contribution in [3.05, 3.63) is 35.4 Å². The molecule has 1 aromatic rings. The molecule has 1 unspecified atom stereocenters. The molecule has 13 heavy (non-hydrogen) atoms. The van der Waals surface area contributed by atoms with E-state index < -0.39 is 0 Å². The van der Waals surface area contributed by atoms with E-state index in [1.54, 1.807) is 5.56 Å². The maximum absolute atomic E-state index is 3.30. The summed E-state index contributed by atoms with van der Waals surface area (Å²) in [7, 11) is 2.02. The first kappa shape index (κ1) is 8.76. The Morgan fingerprint density at radius 1 is 1.31 bits per heavy atom. The minimum Gasteiger partial charge on any atom is -0.313 e. The molecule has 0 heterocycles. The molecule has 0 aromatic heterocycles. The van der Waals surface area contributed by atoms with Gasteiger partial charge in [-0.1, -0.05) is 24.3 Å². The van der Waals surface area contributed by atoms with Crippen LogP contribution in [-0.4, -0.2) is 7.05 Å². The zero-order valence-electron chi connectivity index (χ0n) is 8.38. The molecule has 1 saturated carbocycles. The summed E-state index contributed by atoms with van der Waals surface area (Å²) < 4.78 is 0. The Kier molecular flexibility index (Phi) is 2.36. The van der Waals surface area contributed by atoms with Crippen LogP contribution >= 0.6 is 0 Å². The molecule has 1 aromatic carbocycles. The van der Waals surface area contributed by atoms with Gasteiger partial charge in [-0.2, -0.15) is 0 Å². The highest BCUT2D eigenvalue weighted by Gasteiger charge is 2.26. The minimum atomic E-state index is 0.483. The maximum atomic E-state index is 3.30. The standard InChI is InChI=1S/C12H17N/c1-9(13-2)11-5-3-4-6-12(11)10-7-8-10/h3-6,9-10,13H,7-8H2,1-2H3. The van der Waals surface area contributed by atoms with Gasteiger partial charge in [-0.3, -0.25) is 0 Å². The van der Waals surface area contributed by atoms with Gasteiger partial charge in [0.25, 0.3) is 0 Å². The van der Waals surface area contributed by atoms with E-state index in [9.17, 15) is 0 Å². The van der Waals surface area contributed by atoms with Crippen LogP contribution in [0.25, 0.3) is 0 Å². The molecule has 0 aliphatic heterocycles. The van der Waals surface area contributed by atoms with E-state index in [-0.39, 0.29) is 0 Å². The number of benzene rings is 1. The molecule has 1 N–H and O–H groups in total.